The molecule has 0 bridgehead atoms. The predicted molar refractivity (Wildman–Crippen MR) is 75.2 cm³/mol. The summed E-state index contributed by atoms with van der Waals surface area (Å²) in [5, 5.41) is 3.05. The number of nitrogens with zero attached hydrogens (tertiary/aromatic N) is 1. The maximum Gasteiger partial charge on any atom is 0.261 e. The first kappa shape index (κ1) is 14.0. The van der Waals surface area contributed by atoms with E-state index in [1.165, 1.54) is 11.3 Å². The van der Waals surface area contributed by atoms with E-state index in [1.807, 2.05) is 24.0 Å². The largest absolute Gasteiger partial charge is 0.369 e. The van der Waals surface area contributed by atoms with E-state index < -0.39 is 0 Å². The van der Waals surface area contributed by atoms with Crippen molar-refractivity contribution in [3.63, 3.8) is 0 Å². The zero-order chi connectivity index (χ0) is 13.8. The summed E-state index contributed by atoms with van der Waals surface area (Å²) in [5.74, 6) is -0.289. The van der Waals surface area contributed by atoms with Crippen LogP contribution >= 0.6 is 11.3 Å². The fraction of sp³-hybridized carbons (Fsp3) is 0.538. The molecule has 1 fully saturated rings. The molecule has 1 aromatic rings. The number of carbonyl (C=O) groups is 2. The number of carbonyl (C=O) groups excluding carboxylic acids is 2. The molecule has 19 heavy (non-hydrogen) atoms. The van der Waals surface area contributed by atoms with Crippen molar-refractivity contribution in [2.45, 2.75) is 25.8 Å². The molecule has 1 aliphatic heterocycles. The summed E-state index contributed by atoms with van der Waals surface area (Å²) in [6.45, 7) is 3.91. The highest BCUT2D eigenvalue weighted by molar-refractivity contribution is 7.13. The molecule has 0 atom stereocenters. The minimum atomic E-state index is -0.295. The van der Waals surface area contributed by atoms with Crippen molar-refractivity contribution in [3.8, 4) is 0 Å². The third-order valence-corrected chi connectivity index (χ3v) is 4.27. The van der Waals surface area contributed by atoms with Gasteiger partial charge in [-0.1, -0.05) is 0 Å². The zero-order valence-electron chi connectivity index (χ0n) is 11.0. The Kier molecular flexibility index (Phi) is 4.55. The first-order valence-electron chi connectivity index (χ1n) is 6.42. The minimum absolute atomic E-state index is 0.00597. The summed E-state index contributed by atoms with van der Waals surface area (Å²) in [5.41, 5.74) is 5.17. The molecule has 5 nitrogen and oxygen atoms in total. The molecule has 1 aromatic heterocycles. The minimum Gasteiger partial charge on any atom is -0.369 e. The number of nitrogens with one attached hydrogen (secondary N) is 1. The highest BCUT2D eigenvalue weighted by Gasteiger charge is 2.22. The van der Waals surface area contributed by atoms with Gasteiger partial charge in [0, 0.05) is 24.0 Å². The molecule has 2 rings (SSSR count). The molecule has 3 N–H and O–H groups in total. The molecule has 0 radical (unpaired) electrons. The van der Waals surface area contributed by atoms with E-state index in [4.69, 9.17) is 5.73 Å². The van der Waals surface area contributed by atoms with Crippen LogP contribution in [-0.4, -0.2) is 42.4 Å². The Morgan fingerprint density at radius 1 is 1.42 bits per heavy atom. The molecule has 0 unspecified atom stereocenters. The summed E-state index contributed by atoms with van der Waals surface area (Å²) in [4.78, 5) is 26.8. The topological polar surface area (TPSA) is 75.4 Å². The summed E-state index contributed by atoms with van der Waals surface area (Å²) >= 11 is 1.51. The SMILES string of the molecule is Cc1ccc(C(=O)NC2CCN(CC(N)=O)CC2)s1. The lowest BCUT2D eigenvalue weighted by Gasteiger charge is -2.31. The van der Waals surface area contributed by atoms with Crippen molar-refractivity contribution < 1.29 is 9.59 Å². The first-order valence-corrected chi connectivity index (χ1v) is 7.24. The van der Waals surface area contributed by atoms with Gasteiger partial charge in [-0.05, 0) is 31.9 Å². The Balaban J connectivity index is 1.79. The van der Waals surface area contributed by atoms with Crippen LogP contribution in [0.2, 0.25) is 0 Å². The second kappa shape index (κ2) is 6.16. The Morgan fingerprint density at radius 3 is 2.63 bits per heavy atom. The number of primary amides is 1. The number of piperidine rings is 1. The lowest BCUT2D eigenvalue weighted by Crippen LogP contribution is -2.46. The van der Waals surface area contributed by atoms with Crippen LogP contribution in [-0.2, 0) is 4.79 Å². The molecule has 2 amide bonds. The number of hydrogen-bond acceptors (Lipinski definition) is 4. The number of rotatable bonds is 4. The van der Waals surface area contributed by atoms with Gasteiger partial charge in [-0.2, -0.15) is 0 Å². The fourth-order valence-electron chi connectivity index (χ4n) is 2.27. The number of nitrogens with two attached hydrogens (primary N) is 1. The van der Waals surface area contributed by atoms with E-state index in [0.29, 0.717) is 6.54 Å². The van der Waals surface area contributed by atoms with Gasteiger partial charge in [-0.25, -0.2) is 0 Å². The van der Waals surface area contributed by atoms with E-state index in [2.05, 4.69) is 5.32 Å². The standard InChI is InChI=1S/C13H19N3O2S/c1-9-2-3-11(19-9)13(18)15-10-4-6-16(7-5-10)8-12(14)17/h2-3,10H,4-8H2,1H3,(H2,14,17)(H,15,18). The number of thiophene rings is 1. The predicted octanol–water partition coefficient (Wildman–Crippen LogP) is 0.736. The first-order chi connectivity index (χ1) is 9.04. The Morgan fingerprint density at radius 2 is 2.11 bits per heavy atom. The molecule has 1 aliphatic rings. The molecular weight excluding hydrogens is 262 g/mol. The highest BCUT2D eigenvalue weighted by Crippen LogP contribution is 2.16. The van der Waals surface area contributed by atoms with Crippen molar-refractivity contribution in [2.75, 3.05) is 19.6 Å². The third-order valence-electron chi connectivity index (χ3n) is 3.27. The van der Waals surface area contributed by atoms with E-state index in [1.54, 1.807) is 0 Å². The van der Waals surface area contributed by atoms with Gasteiger partial charge >= 0.3 is 0 Å². The van der Waals surface area contributed by atoms with Crippen LogP contribution in [0.1, 0.15) is 27.4 Å². The molecule has 0 aliphatic carbocycles. The Bertz CT molecular complexity index is 464. The quantitative estimate of drug-likeness (QED) is 0.854. The van der Waals surface area contributed by atoms with Crippen LogP contribution < -0.4 is 11.1 Å². The van der Waals surface area contributed by atoms with Crippen molar-refractivity contribution in [2.24, 2.45) is 5.73 Å². The molecule has 0 spiro atoms. The van der Waals surface area contributed by atoms with Crippen LogP contribution in [0.5, 0.6) is 0 Å². The fourth-order valence-corrected chi connectivity index (χ4v) is 3.04. The van der Waals surface area contributed by atoms with Gasteiger partial charge < -0.3 is 11.1 Å². The van der Waals surface area contributed by atoms with Crippen molar-refractivity contribution in [3.05, 3.63) is 21.9 Å². The zero-order valence-corrected chi connectivity index (χ0v) is 11.8. The van der Waals surface area contributed by atoms with E-state index in [0.717, 1.165) is 35.7 Å². The van der Waals surface area contributed by atoms with Crippen molar-refractivity contribution >= 4 is 23.2 Å². The van der Waals surface area contributed by atoms with Gasteiger partial charge in [0.2, 0.25) is 5.91 Å². The van der Waals surface area contributed by atoms with Gasteiger partial charge in [0.25, 0.3) is 5.91 Å². The molecule has 0 aromatic carbocycles. The average molecular weight is 281 g/mol. The summed E-state index contributed by atoms with van der Waals surface area (Å²) in [7, 11) is 0. The number of aryl methyl sites for hydroxylation is 1. The average Bonchev–Trinajstić information content (AvgIpc) is 2.78. The molecule has 1 saturated heterocycles. The Hall–Kier alpha value is -1.40. The summed E-state index contributed by atoms with van der Waals surface area (Å²) in [6.07, 6.45) is 1.73. The van der Waals surface area contributed by atoms with Crippen LogP contribution in [0, 0.1) is 6.92 Å². The monoisotopic (exact) mass is 281 g/mol. The second-order valence-electron chi connectivity index (χ2n) is 4.90. The summed E-state index contributed by atoms with van der Waals surface area (Å²) in [6, 6.07) is 4.01. The lowest BCUT2D eigenvalue weighted by atomic mass is 10.0. The highest BCUT2D eigenvalue weighted by atomic mass is 32.1. The second-order valence-corrected chi connectivity index (χ2v) is 6.19. The van der Waals surface area contributed by atoms with Gasteiger partial charge in [0.15, 0.2) is 0 Å². The maximum atomic E-state index is 12.0. The van der Waals surface area contributed by atoms with Crippen molar-refractivity contribution in [1.82, 2.24) is 10.2 Å². The molecule has 2 heterocycles. The molecule has 104 valence electrons. The van der Waals surface area contributed by atoms with Crippen molar-refractivity contribution in [1.29, 1.82) is 0 Å². The molecule has 6 heteroatoms. The summed E-state index contributed by atoms with van der Waals surface area (Å²) < 4.78 is 0. The lowest BCUT2D eigenvalue weighted by molar-refractivity contribution is -0.119. The van der Waals surface area contributed by atoms with Crippen LogP contribution in [0.25, 0.3) is 0 Å². The maximum absolute atomic E-state index is 12.0. The molecular formula is C13H19N3O2S. The number of hydrogen-bond donors (Lipinski definition) is 2. The Labute approximate surface area is 116 Å². The van der Waals surface area contributed by atoms with Gasteiger partial charge in [0.05, 0.1) is 11.4 Å². The smallest absolute Gasteiger partial charge is 0.261 e. The molecule has 0 saturated carbocycles. The number of likely N-dealkylation sites (tertiary alicyclic amines) is 1. The van der Waals surface area contributed by atoms with E-state index >= 15 is 0 Å². The van der Waals surface area contributed by atoms with E-state index in [9.17, 15) is 9.59 Å². The van der Waals surface area contributed by atoms with Crippen LogP contribution in [0.4, 0.5) is 0 Å². The third kappa shape index (κ3) is 4.04. The van der Waals surface area contributed by atoms with Gasteiger partial charge in [0.1, 0.15) is 0 Å². The van der Waals surface area contributed by atoms with Gasteiger partial charge in [-0.3, -0.25) is 14.5 Å². The van der Waals surface area contributed by atoms with Gasteiger partial charge in [-0.15, -0.1) is 11.3 Å². The van der Waals surface area contributed by atoms with E-state index in [-0.39, 0.29) is 17.9 Å². The number of amides is 2. The normalized spacial score (nSPS) is 17.3. The van der Waals surface area contributed by atoms with Crippen LogP contribution in [0.15, 0.2) is 12.1 Å². The van der Waals surface area contributed by atoms with Crippen LogP contribution in [0.3, 0.4) is 0 Å².